The van der Waals surface area contributed by atoms with Crippen molar-refractivity contribution in [1.82, 2.24) is 5.32 Å². The van der Waals surface area contributed by atoms with Crippen LogP contribution >= 0.6 is 0 Å². The molecule has 3 rings (SSSR count). The predicted molar refractivity (Wildman–Crippen MR) is 115 cm³/mol. The van der Waals surface area contributed by atoms with Crippen molar-refractivity contribution >= 4 is 21.6 Å². The van der Waals surface area contributed by atoms with Crippen LogP contribution in [0.3, 0.4) is 0 Å². The van der Waals surface area contributed by atoms with Crippen LogP contribution in [-0.4, -0.2) is 14.3 Å². The van der Waals surface area contributed by atoms with E-state index in [0.29, 0.717) is 16.8 Å². The number of hydrogen-bond donors (Lipinski definition) is 2. The number of amides is 1. The molecule has 6 heteroatoms. The van der Waals surface area contributed by atoms with Crippen molar-refractivity contribution in [3.8, 4) is 0 Å². The maximum atomic E-state index is 12.9. The molecule has 0 unspecified atom stereocenters. The monoisotopic (exact) mass is 408 g/mol. The van der Waals surface area contributed by atoms with Gasteiger partial charge < -0.3 is 5.32 Å². The highest BCUT2D eigenvalue weighted by Gasteiger charge is 2.20. The SMILES string of the molecule is Cc1ccc(NS(=O)(=O)c2cc(C(=O)N[C@@H](C)c3ccccc3)ccc2C)cc1. The van der Waals surface area contributed by atoms with Gasteiger partial charge in [-0.2, -0.15) is 0 Å². The third-order valence-corrected chi connectivity index (χ3v) is 6.21. The summed E-state index contributed by atoms with van der Waals surface area (Å²) in [5, 5.41) is 2.91. The summed E-state index contributed by atoms with van der Waals surface area (Å²) in [5.74, 6) is -0.326. The number of carbonyl (C=O) groups is 1. The van der Waals surface area contributed by atoms with Gasteiger partial charge in [-0.15, -0.1) is 0 Å². The standard InChI is InChI=1S/C23H24N2O3S/c1-16-9-13-21(14-10-16)25-29(27,28)22-15-20(12-11-17(22)2)23(26)24-18(3)19-7-5-4-6-8-19/h4-15,18,25H,1-3H3,(H,24,26)/t18-/m0/s1. The van der Waals surface area contributed by atoms with E-state index < -0.39 is 10.0 Å². The summed E-state index contributed by atoms with van der Waals surface area (Å²) in [6.07, 6.45) is 0. The molecule has 5 nitrogen and oxygen atoms in total. The second kappa shape index (κ2) is 8.49. The first-order chi connectivity index (χ1) is 13.8. The van der Waals surface area contributed by atoms with Gasteiger partial charge in [0.1, 0.15) is 0 Å². The third-order valence-electron chi connectivity index (χ3n) is 4.69. The van der Waals surface area contributed by atoms with Crippen molar-refractivity contribution in [2.24, 2.45) is 0 Å². The fourth-order valence-corrected chi connectivity index (χ4v) is 4.30. The summed E-state index contributed by atoms with van der Waals surface area (Å²) in [7, 11) is -3.82. The summed E-state index contributed by atoms with van der Waals surface area (Å²) < 4.78 is 28.3. The second-order valence-electron chi connectivity index (χ2n) is 7.06. The van der Waals surface area contributed by atoms with Gasteiger partial charge in [0.15, 0.2) is 0 Å². The van der Waals surface area contributed by atoms with Crippen molar-refractivity contribution in [2.45, 2.75) is 31.7 Å². The molecule has 1 atom stereocenters. The Morgan fingerprint density at radius 1 is 0.897 bits per heavy atom. The van der Waals surface area contributed by atoms with Gasteiger partial charge in [-0.25, -0.2) is 8.42 Å². The fourth-order valence-electron chi connectivity index (χ4n) is 2.97. The first-order valence-corrected chi connectivity index (χ1v) is 10.8. The molecule has 2 N–H and O–H groups in total. The molecule has 3 aromatic rings. The van der Waals surface area contributed by atoms with Gasteiger partial charge in [-0.05, 0) is 56.2 Å². The topological polar surface area (TPSA) is 75.3 Å². The molecule has 0 radical (unpaired) electrons. The van der Waals surface area contributed by atoms with Gasteiger partial charge >= 0.3 is 0 Å². The number of benzene rings is 3. The molecule has 0 aliphatic carbocycles. The van der Waals surface area contributed by atoms with Crippen LogP contribution in [0.25, 0.3) is 0 Å². The molecule has 3 aromatic carbocycles. The Labute approximate surface area is 171 Å². The summed E-state index contributed by atoms with van der Waals surface area (Å²) in [4.78, 5) is 12.8. The quantitative estimate of drug-likeness (QED) is 0.626. The average molecular weight is 409 g/mol. The zero-order valence-corrected chi connectivity index (χ0v) is 17.5. The van der Waals surface area contributed by atoms with Crippen LogP contribution in [0.4, 0.5) is 5.69 Å². The van der Waals surface area contributed by atoms with Gasteiger partial charge in [0.05, 0.1) is 10.9 Å². The summed E-state index contributed by atoms with van der Waals surface area (Å²) in [6, 6.07) is 21.2. The van der Waals surface area contributed by atoms with Crippen LogP contribution in [0.5, 0.6) is 0 Å². The van der Waals surface area contributed by atoms with Crippen LogP contribution < -0.4 is 10.0 Å². The molecule has 150 valence electrons. The Hall–Kier alpha value is -3.12. The maximum absolute atomic E-state index is 12.9. The third kappa shape index (κ3) is 5.03. The van der Waals surface area contributed by atoms with E-state index in [1.807, 2.05) is 56.3 Å². The molecular formula is C23H24N2O3S. The lowest BCUT2D eigenvalue weighted by Crippen LogP contribution is -2.27. The zero-order chi connectivity index (χ0) is 21.0. The molecule has 0 aliphatic rings. The minimum atomic E-state index is -3.82. The highest BCUT2D eigenvalue weighted by Crippen LogP contribution is 2.22. The van der Waals surface area contributed by atoms with Gasteiger partial charge in [0, 0.05) is 11.3 Å². The molecule has 0 saturated carbocycles. The Bertz CT molecular complexity index is 1110. The Balaban J connectivity index is 1.83. The zero-order valence-electron chi connectivity index (χ0n) is 16.6. The van der Waals surface area contributed by atoms with Crippen LogP contribution in [0, 0.1) is 13.8 Å². The van der Waals surface area contributed by atoms with Gasteiger partial charge in [-0.3, -0.25) is 9.52 Å². The lowest BCUT2D eigenvalue weighted by molar-refractivity contribution is 0.0939. The molecule has 0 heterocycles. The van der Waals surface area contributed by atoms with Crippen LogP contribution in [-0.2, 0) is 10.0 Å². The number of nitrogens with one attached hydrogen (secondary N) is 2. The van der Waals surface area contributed by atoms with E-state index in [2.05, 4.69) is 10.0 Å². The highest BCUT2D eigenvalue weighted by molar-refractivity contribution is 7.92. The number of anilines is 1. The number of rotatable bonds is 6. The molecule has 0 spiro atoms. The fraction of sp³-hybridized carbons (Fsp3) is 0.174. The van der Waals surface area contributed by atoms with Gasteiger partial charge in [0.2, 0.25) is 0 Å². The molecule has 1 amide bonds. The van der Waals surface area contributed by atoms with Crippen molar-refractivity contribution in [1.29, 1.82) is 0 Å². The number of hydrogen-bond acceptors (Lipinski definition) is 3. The molecule has 0 aliphatic heterocycles. The van der Waals surface area contributed by atoms with E-state index in [9.17, 15) is 13.2 Å². The minimum absolute atomic E-state index is 0.0816. The average Bonchev–Trinajstić information content (AvgIpc) is 2.70. The van der Waals surface area contributed by atoms with Gasteiger partial charge in [0.25, 0.3) is 15.9 Å². The normalized spacial score (nSPS) is 12.2. The smallest absolute Gasteiger partial charge is 0.262 e. The molecular weight excluding hydrogens is 384 g/mol. The van der Waals surface area contributed by atoms with Crippen LogP contribution in [0.1, 0.15) is 40.0 Å². The maximum Gasteiger partial charge on any atom is 0.262 e. The molecule has 0 saturated heterocycles. The van der Waals surface area contributed by atoms with Crippen molar-refractivity contribution < 1.29 is 13.2 Å². The minimum Gasteiger partial charge on any atom is -0.346 e. The van der Waals surface area contributed by atoms with Crippen molar-refractivity contribution in [3.05, 3.63) is 95.1 Å². The molecule has 29 heavy (non-hydrogen) atoms. The largest absolute Gasteiger partial charge is 0.346 e. The Morgan fingerprint density at radius 2 is 1.55 bits per heavy atom. The predicted octanol–water partition coefficient (Wildman–Crippen LogP) is 4.60. The van der Waals surface area contributed by atoms with E-state index in [4.69, 9.17) is 0 Å². The van der Waals surface area contributed by atoms with Crippen LogP contribution in [0.15, 0.2) is 77.7 Å². The van der Waals surface area contributed by atoms with Crippen LogP contribution in [0.2, 0.25) is 0 Å². The lowest BCUT2D eigenvalue weighted by Gasteiger charge is -2.16. The first-order valence-electron chi connectivity index (χ1n) is 9.32. The van der Waals surface area contributed by atoms with E-state index in [-0.39, 0.29) is 16.8 Å². The van der Waals surface area contributed by atoms with E-state index in [1.165, 1.54) is 6.07 Å². The number of sulfonamides is 1. The Kier molecular flexibility index (Phi) is 6.03. The van der Waals surface area contributed by atoms with E-state index in [1.54, 1.807) is 31.2 Å². The Morgan fingerprint density at radius 3 is 2.21 bits per heavy atom. The first kappa shape index (κ1) is 20.6. The molecule has 0 aromatic heterocycles. The summed E-state index contributed by atoms with van der Waals surface area (Å²) in [5.41, 5.74) is 3.35. The summed E-state index contributed by atoms with van der Waals surface area (Å²) in [6.45, 7) is 5.52. The molecule has 0 bridgehead atoms. The molecule has 0 fully saturated rings. The number of aryl methyl sites for hydroxylation is 2. The highest BCUT2D eigenvalue weighted by atomic mass is 32.2. The second-order valence-corrected chi connectivity index (χ2v) is 8.71. The van der Waals surface area contributed by atoms with E-state index in [0.717, 1.165) is 11.1 Å². The van der Waals surface area contributed by atoms with E-state index >= 15 is 0 Å². The lowest BCUT2D eigenvalue weighted by atomic mass is 10.1. The summed E-state index contributed by atoms with van der Waals surface area (Å²) >= 11 is 0. The van der Waals surface area contributed by atoms with Crippen molar-refractivity contribution in [3.63, 3.8) is 0 Å². The number of carbonyl (C=O) groups excluding carboxylic acids is 1. The van der Waals surface area contributed by atoms with Gasteiger partial charge in [-0.1, -0.05) is 54.1 Å². The van der Waals surface area contributed by atoms with Crippen molar-refractivity contribution in [2.75, 3.05) is 4.72 Å².